The summed E-state index contributed by atoms with van der Waals surface area (Å²) in [6.07, 6.45) is 2.37. The van der Waals surface area contributed by atoms with Gasteiger partial charge < -0.3 is 24.6 Å². The van der Waals surface area contributed by atoms with Gasteiger partial charge in [0, 0.05) is 29.6 Å². The maximum absolute atomic E-state index is 14.2. The molecule has 3 saturated heterocycles. The molecule has 1 unspecified atom stereocenters. The van der Waals surface area contributed by atoms with Crippen molar-refractivity contribution in [3.05, 3.63) is 48.0 Å². The Bertz CT molecular complexity index is 1450. The number of halogens is 1. The lowest BCUT2D eigenvalue weighted by Crippen LogP contribution is -2.32. The molecule has 196 valence electrons. The first-order valence-corrected chi connectivity index (χ1v) is 14.3. The zero-order chi connectivity index (χ0) is 25.6. The minimum absolute atomic E-state index is 0.0109. The highest BCUT2D eigenvalue weighted by molar-refractivity contribution is 7.93. The topological polar surface area (TPSA) is 115 Å². The number of nitrogens with zero attached hydrogens (tertiary/aromatic N) is 3. The number of nitrogens with one attached hydrogen (secondary N) is 1. The van der Waals surface area contributed by atoms with Crippen LogP contribution in [0.1, 0.15) is 24.8 Å². The van der Waals surface area contributed by atoms with Crippen LogP contribution in [-0.2, 0) is 19.2 Å². The van der Waals surface area contributed by atoms with E-state index in [1.807, 2.05) is 13.0 Å². The smallest absolute Gasteiger partial charge is 0.151 e. The molecular weight excluding hydrogens is 499 g/mol. The van der Waals surface area contributed by atoms with Gasteiger partial charge in [0.05, 0.1) is 45.4 Å². The summed E-state index contributed by atoms with van der Waals surface area (Å²) in [5.41, 5.74) is 2.65. The number of rotatable bonds is 5. The second-order valence-electron chi connectivity index (χ2n) is 9.80. The van der Waals surface area contributed by atoms with Gasteiger partial charge in [-0.3, -0.25) is 0 Å². The summed E-state index contributed by atoms with van der Waals surface area (Å²) >= 11 is 0. The van der Waals surface area contributed by atoms with Crippen LogP contribution in [0.4, 0.5) is 21.6 Å². The van der Waals surface area contributed by atoms with Crippen molar-refractivity contribution in [1.82, 2.24) is 9.97 Å². The molecule has 37 heavy (non-hydrogen) atoms. The van der Waals surface area contributed by atoms with Crippen LogP contribution in [0, 0.1) is 12.7 Å². The van der Waals surface area contributed by atoms with E-state index in [9.17, 15) is 13.7 Å². The molecule has 6 rings (SSSR count). The van der Waals surface area contributed by atoms with Gasteiger partial charge in [-0.2, -0.15) is 4.36 Å². The number of hydrogen-bond acceptors (Lipinski definition) is 9. The molecule has 0 amide bonds. The molecule has 1 aromatic heterocycles. The van der Waals surface area contributed by atoms with Crippen molar-refractivity contribution < 1.29 is 27.9 Å². The van der Waals surface area contributed by atoms with E-state index in [0.717, 1.165) is 17.4 Å². The minimum Gasteiger partial charge on any atom is -0.483 e. The van der Waals surface area contributed by atoms with Gasteiger partial charge >= 0.3 is 0 Å². The first kappa shape index (κ1) is 24.5. The van der Waals surface area contributed by atoms with Crippen LogP contribution < -0.4 is 10.1 Å². The highest BCUT2D eigenvalue weighted by atomic mass is 32.2. The third-order valence-corrected chi connectivity index (χ3v) is 9.42. The van der Waals surface area contributed by atoms with Crippen molar-refractivity contribution in [3.8, 4) is 5.75 Å². The van der Waals surface area contributed by atoms with E-state index < -0.39 is 21.7 Å². The number of aliphatic hydroxyl groups excluding tert-OH is 1. The Kier molecular flexibility index (Phi) is 6.47. The molecule has 3 aromatic rings. The number of hydrogen-bond donors (Lipinski definition) is 2. The van der Waals surface area contributed by atoms with Crippen LogP contribution >= 0.6 is 0 Å². The Morgan fingerprint density at radius 3 is 2.84 bits per heavy atom. The molecule has 3 fully saturated rings. The van der Waals surface area contributed by atoms with Gasteiger partial charge in [0.1, 0.15) is 29.8 Å². The van der Waals surface area contributed by atoms with Crippen molar-refractivity contribution in [1.29, 1.82) is 0 Å². The fourth-order valence-corrected chi connectivity index (χ4v) is 7.37. The van der Waals surface area contributed by atoms with Crippen LogP contribution in [0.25, 0.3) is 10.9 Å². The lowest BCUT2D eigenvalue weighted by Gasteiger charge is -2.21. The van der Waals surface area contributed by atoms with Crippen LogP contribution in [0.2, 0.25) is 0 Å². The van der Waals surface area contributed by atoms with E-state index in [4.69, 9.17) is 14.2 Å². The highest BCUT2D eigenvalue weighted by Crippen LogP contribution is 2.36. The molecule has 0 bridgehead atoms. The molecule has 0 radical (unpaired) electrons. The summed E-state index contributed by atoms with van der Waals surface area (Å²) in [5.74, 6) is 1.23. The Morgan fingerprint density at radius 1 is 1.16 bits per heavy atom. The third kappa shape index (κ3) is 5.00. The zero-order valence-corrected chi connectivity index (χ0v) is 21.2. The third-order valence-electron chi connectivity index (χ3n) is 7.13. The molecule has 0 saturated carbocycles. The first-order valence-electron chi connectivity index (χ1n) is 12.5. The van der Waals surface area contributed by atoms with Crippen molar-refractivity contribution in [2.45, 2.75) is 50.6 Å². The number of aryl methyl sites for hydroxylation is 1. The lowest BCUT2D eigenvalue weighted by molar-refractivity contribution is 0.0310. The first-order chi connectivity index (χ1) is 17.9. The Morgan fingerprint density at radius 2 is 2.00 bits per heavy atom. The molecule has 2 N–H and O–H groups in total. The average molecular weight is 529 g/mol. The van der Waals surface area contributed by atoms with Crippen LogP contribution in [0.5, 0.6) is 5.75 Å². The zero-order valence-electron chi connectivity index (χ0n) is 20.4. The van der Waals surface area contributed by atoms with Crippen molar-refractivity contribution >= 4 is 37.8 Å². The maximum Gasteiger partial charge on any atom is 0.151 e. The molecule has 9 nitrogen and oxygen atoms in total. The summed E-state index contributed by atoms with van der Waals surface area (Å²) in [4.78, 5) is 8.86. The quantitative estimate of drug-likeness (QED) is 0.511. The second-order valence-corrected chi connectivity index (χ2v) is 12.3. The van der Waals surface area contributed by atoms with Crippen LogP contribution in [0.3, 0.4) is 0 Å². The molecule has 3 aliphatic heterocycles. The summed E-state index contributed by atoms with van der Waals surface area (Å²) in [5, 5.41) is 13.8. The van der Waals surface area contributed by atoms with Gasteiger partial charge in [-0.1, -0.05) is 0 Å². The minimum atomic E-state index is -2.41. The predicted octanol–water partition coefficient (Wildman–Crippen LogP) is 4.01. The number of ether oxygens (including phenoxy) is 3. The number of benzene rings is 2. The molecule has 0 aliphatic carbocycles. The van der Waals surface area contributed by atoms with Crippen LogP contribution in [-0.4, -0.2) is 68.4 Å². The normalized spacial score (nSPS) is 29.3. The standard InChI is InChI=1S/C26H29FN4O5S/c1-15-10-17(31-37(33)8-5-18(32)6-9-37)12-20-24(15)26(29-14-28-20)30-19-3-2-16(27)11-22(19)36-23-13-35-21-4-7-34-25(21)23/h2-3,10-12,14,18,21,23,25,32H,4-9,13H2,1H3,(H,28,29,30)/t18?,21-,23-,25?,37?/m1/s1. The Hall–Kier alpha value is -2.86. The van der Waals surface area contributed by atoms with Gasteiger partial charge in [-0.25, -0.2) is 18.6 Å². The van der Waals surface area contributed by atoms with E-state index in [1.165, 1.54) is 18.5 Å². The van der Waals surface area contributed by atoms with Gasteiger partial charge in [-0.15, -0.1) is 0 Å². The average Bonchev–Trinajstić information content (AvgIpc) is 3.48. The van der Waals surface area contributed by atoms with Gasteiger partial charge in [-0.05, 0) is 56.0 Å². The summed E-state index contributed by atoms with van der Waals surface area (Å²) in [7, 11) is -2.41. The predicted molar refractivity (Wildman–Crippen MR) is 138 cm³/mol. The van der Waals surface area contributed by atoms with Gasteiger partial charge in [0.2, 0.25) is 0 Å². The number of aromatic nitrogens is 2. The fourth-order valence-electron chi connectivity index (χ4n) is 5.21. The molecule has 0 spiro atoms. The van der Waals surface area contributed by atoms with E-state index >= 15 is 0 Å². The molecule has 11 heteroatoms. The Labute approximate surface area is 214 Å². The van der Waals surface area contributed by atoms with Gasteiger partial charge in [0.25, 0.3) is 0 Å². The number of fused-ring (bicyclic) bond motifs is 2. The monoisotopic (exact) mass is 528 g/mol. The van der Waals surface area contributed by atoms with Crippen molar-refractivity contribution in [2.24, 2.45) is 4.36 Å². The SMILES string of the molecule is Cc1cc(N=S2(=O)CCC(O)CC2)cc2ncnc(Nc3ccc(F)cc3O[C@@H]3CO[C@@H]4CCOC43)c12. The second kappa shape index (κ2) is 9.79. The van der Waals surface area contributed by atoms with Crippen molar-refractivity contribution in [2.75, 3.05) is 30.0 Å². The summed E-state index contributed by atoms with van der Waals surface area (Å²) in [6, 6.07) is 7.98. The maximum atomic E-state index is 14.2. The molecule has 4 heterocycles. The van der Waals surface area contributed by atoms with E-state index in [-0.39, 0.29) is 18.3 Å². The lowest BCUT2D eigenvalue weighted by atomic mass is 10.1. The van der Waals surface area contributed by atoms with E-state index in [1.54, 1.807) is 12.1 Å². The molecule has 2 aromatic carbocycles. The largest absolute Gasteiger partial charge is 0.483 e. The Balaban J connectivity index is 1.31. The molecule has 3 aliphatic rings. The molecule has 3 atom stereocenters. The van der Waals surface area contributed by atoms with E-state index in [2.05, 4.69) is 19.6 Å². The fraction of sp³-hybridized carbons (Fsp3) is 0.462. The summed E-state index contributed by atoms with van der Waals surface area (Å²) < 4.78 is 49.7. The number of aliphatic hydroxyl groups is 1. The highest BCUT2D eigenvalue weighted by Gasteiger charge is 2.43. The van der Waals surface area contributed by atoms with E-state index in [0.29, 0.717) is 66.0 Å². The number of anilines is 2. The van der Waals surface area contributed by atoms with Gasteiger partial charge in [0.15, 0.2) is 6.10 Å². The van der Waals surface area contributed by atoms with Crippen molar-refractivity contribution in [3.63, 3.8) is 0 Å². The molecular formula is C26H29FN4O5S. The summed E-state index contributed by atoms with van der Waals surface area (Å²) in [6.45, 7) is 2.93. The van der Waals surface area contributed by atoms with Crippen LogP contribution in [0.15, 0.2) is 41.0 Å².